The van der Waals surface area contributed by atoms with E-state index in [1.54, 1.807) is 0 Å². The Balaban J connectivity index is 1.12. The highest BCUT2D eigenvalue weighted by Gasteiger charge is 2.58. The van der Waals surface area contributed by atoms with E-state index in [-0.39, 0.29) is 40.0 Å². The van der Waals surface area contributed by atoms with Gasteiger partial charge < -0.3 is 24.5 Å². The van der Waals surface area contributed by atoms with Crippen LogP contribution in [0.5, 0.6) is 0 Å². The predicted molar refractivity (Wildman–Crippen MR) is 248 cm³/mol. The highest BCUT2D eigenvalue weighted by molar-refractivity contribution is 6.33. The minimum absolute atomic E-state index is 0.0234. The molecule has 11 heteroatoms. The molecule has 0 spiro atoms. The van der Waals surface area contributed by atoms with Crippen LogP contribution >= 0.6 is 11.6 Å². The van der Waals surface area contributed by atoms with Crippen LogP contribution in [0, 0.1) is 28.6 Å². The molecule has 6 aliphatic carbocycles. The lowest BCUT2D eigenvalue weighted by molar-refractivity contribution is -0.137. The third-order valence-corrected chi connectivity index (χ3v) is 16.5. The molecule has 4 bridgehead atoms. The van der Waals surface area contributed by atoms with Gasteiger partial charge in [0.15, 0.2) is 5.76 Å². The predicted octanol–water partition coefficient (Wildman–Crippen LogP) is 11.8. The first-order valence-electron chi connectivity index (χ1n) is 23.6. The maximum Gasteiger partial charge on any atom is 0.416 e. The number of benzene rings is 3. The maximum atomic E-state index is 14.8. The Morgan fingerprint density at radius 1 is 0.985 bits per heavy atom. The molecule has 0 aliphatic heterocycles. The topological polar surface area (TPSA) is 103 Å². The number of aliphatic hydroxyl groups is 3. The average Bonchev–Trinajstić information content (AvgIpc) is 3.85. The molecule has 350 valence electrons. The maximum absolute atomic E-state index is 14.8. The second-order valence-electron chi connectivity index (χ2n) is 20.7. The van der Waals surface area contributed by atoms with E-state index in [0.29, 0.717) is 82.0 Å². The number of allylic oxidation sites excluding steroid dienone is 2. The Morgan fingerprint density at radius 3 is 2.51 bits per heavy atom. The van der Waals surface area contributed by atoms with E-state index >= 15 is 0 Å². The van der Waals surface area contributed by atoms with Crippen molar-refractivity contribution in [2.24, 2.45) is 28.6 Å². The number of fused-ring (bicyclic) bond motifs is 10. The van der Waals surface area contributed by atoms with Crippen LogP contribution < -0.4 is 0 Å². The quantitative estimate of drug-likeness (QED) is 0.0907. The van der Waals surface area contributed by atoms with Crippen molar-refractivity contribution < 1.29 is 42.4 Å². The zero-order chi connectivity index (χ0) is 46.3. The van der Waals surface area contributed by atoms with Gasteiger partial charge in [-0.2, -0.15) is 13.2 Å². The number of rotatable bonds is 13. The highest BCUT2D eigenvalue weighted by Crippen LogP contribution is 2.62. The van der Waals surface area contributed by atoms with Gasteiger partial charge in [-0.05, 0) is 153 Å². The Bertz CT molecular complexity index is 2340. The minimum Gasteiger partial charge on any atom is -0.453 e. The smallest absolute Gasteiger partial charge is 0.416 e. The summed E-state index contributed by atoms with van der Waals surface area (Å²) >= 11 is 6.39. The molecular weight excluding hydrogens is 851 g/mol. The molecule has 65 heavy (non-hydrogen) atoms. The van der Waals surface area contributed by atoms with E-state index in [9.17, 15) is 33.3 Å². The number of ketones is 1. The van der Waals surface area contributed by atoms with Crippen LogP contribution in [-0.2, 0) is 23.9 Å². The monoisotopic (exact) mass is 915 g/mol. The van der Waals surface area contributed by atoms with Gasteiger partial charge in [0.05, 0.1) is 41.6 Å². The lowest BCUT2D eigenvalue weighted by atomic mass is 9.45. The minimum atomic E-state index is -4.60. The zero-order valence-electron chi connectivity index (χ0n) is 38.2. The molecule has 4 aromatic rings. The molecule has 4 fully saturated rings. The normalized spacial score (nSPS) is 28.3. The summed E-state index contributed by atoms with van der Waals surface area (Å²) in [7, 11) is 0. The molecular formula is C54H65ClF3NO6. The summed E-state index contributed by atoms with van der Waals surface area (Å²) in [6, 6.07) is 21.6. The molecule has 0 amide bonds. The second kappa shape index (κ2) is 19.1. The summed E-state index contributed by atoms with van der Waals surface area (Å²) in [5, 5.41) is 36.2. The van der Waals surface area contributed by atoms with Crippen molar-refractivity contribution in [3.63, 3.8) is 0 Å². The summed E-state index contributed by atoms with van der Waals surface area (Å²) < 4.78 is 53.3. The number of halogens is 4. The summed E-state index contributed by atoms with van der Waals surface area (Å²) in [5.41, 5.74) is 1.59. The van der Waals surface area contributed by atoms with Crippen molar-refractivity contribution in [2.75, 3.05) is 26.2 Å². The zero-order valence-corrected chi connectivity index (χ0v) is 38.9. The molecule has 6 aliphatic rings. The lowest BCUT2D eigenvalue weighted by Gasteiger charge is -2.61. The van der Waals surface area contributed by atoms with Gasteiger partial charge in [-0.25, -0.2) is 0 Å². The van der Waals surface area contributed by atoms with E-state index in [1.807, 2.05) is 48.5 Å². The molecule has 1 aromatic heterocycles. The molecule has 0 saturated heterocycles. The molecule has 0 radical (unpaired) electrons. The number of carbonyl (C=O) groups excluding carboxylic acids is 1. The van der Waals surface area contributed by atoms with Crippen molar-refractivity contribution in [1.29, 1.82) is 0 Å². The number of furan rings is 1. The van der Waals surface area contributed by atoms with Gasteiger partial charge in [-0.3, -0.25) is 9.69 Å². The van der Waals surface area contributed by atoms with Gasteiger partial charge in [0.1, 0.15) is 5.76 Å². The molecule has 3 N–H and O–H groups in total. The van der Waals surface area contributed by atoms with Crippen molar-refractivity contribution >= 4 is 17.4 Å². The van der Waals surface area contributed by atoms with E-state index in [4.69, 9.17) is 20.8 Å². The second-order valence-corrected chi connectivity index (χ2v) is 21.1. The SMILES string of the molecule is CC1=CCCC2(C)C(CCC2(O)CN(CC(O)COCc2ccccc2)CC2CCC3CC2C3(C)C)c2ccc(cc2C(=O)c2ccc(-c3cc(C(F)(F)F)ccc3Cl)o2)CC(O)CC1. The third kappa shape index (κ3) is 10.1. The van der Waals surface area contributed by atoms with E-state index in [0.717, 1.165) is 47.7 Å². The largest absolute Gasteiger partial charge is 0.453 e. The Kier molecular flexibility index (Phi) is 14.0. The van der Waals surface area contributed by atoms with Crippen LogP contribution in [0.25, 0.3) is 11.3 Å². The number of hydrogen-bond donors (Lipinski definition) is 3. The number of ether oxygens (including phenoxy) is 1. The fourth-order valence-corrected chi connectivity index (χ4v) is 12.4. The Morgan fingerprint density at radius 2 is 1.77 bits per heavy atom. The van der Waals surface area contributed by atoms with Crippen LogP contribution in [-0.4, -0.2) is 70.1 Å². The fourth-order valence-electron chi connectivity index (χ4n) is 12.1. The average molecular weight is 917 g/mol. The standard InChI is InChI=1S/C54H65ClF3NO6/c1-34-9-8-23-52(4)45(22-24-53(52,63)33-59(29-37-14-15-38-28-46(37)51(38,2)3)30-41(61)32-64-31-35-10-6-5-7-11-35)42-18-13-36(25-40(60)17-12-34)26-43(42)50(62)49-21-20-48(65-49)44-27-39(54(56,57)58)16-19-47(44)55/h5-7,9-11,13,16,18-21,26-27,37-38,40-41,45-46,60-61,63H,8,12,14-15,17,22-25,28-33H2,1-4H3. The first kappa shape index (κ1) is 47.7. The molecule has 4 saturated carbocycles. The van der Waals surface area contributed by atoms with Gasteiger partial charge in [-0.15, -0.1) is 0 Å². The molecule has 8 atom stereocenters. The van der Waals surface area contributed by atoms with Crippen molar-refractivity contribution in [1.82, 2.24) is 4.90 Å². The Hall–Kier alpha value is -3.77. The summed E-state index contributed by atoms with van der Waals surface area (Å²) in [6.45, 7) is 11.0. The van der Waals surface area contributed by atoms with Gasteiger partial charge >= 0.3 is 6.18 Å². The number of hydrogen-bond acceptors (Lipinski definition) is 7. The lowest BCUT2D eigenvalue weighted by Crippen LogP contribution is -2.58. The van der Waals surface area contributed by atoms with Gasteiger partial charge in [0, 0.05) is 36.2 Å². The van der Waals surface area contributed by atoms with Gasteiger partial charge in [-0.1, -0.05) is 86.5 Å². The molecule has 10 rings (SSSR count). The number of aliphatic hydroxyl groups excluding tert-OH is 2. The van der Waals surface area contributed by atoms with Crippen LogP contribution in [0.2, 0.25) is 5.02 Å². The van der Waals surface area contributed by atoms with Crippen molar-refractivity contribution in [2.45, 2.75) is 128 Å². The summed E-state index contributed by atoms with van der Waals surface area (Å²) in [6.07, 6.45) is 3.71. The molecule has 8 unspecified atom stereocenters. The third-order valence-electron chi connectivity index (χ3n) is 16.2. The van der Waals surface area contributed by atoms with Crippen molar-refractivity contribution in [3.05, 3.63) is 129 Å². The number of alkyl halides is 3. The molecule has 3 aromatic carbocycles. The summed E-state index contributed by atoms with van der Waals surface area (Å²) in [4.78, 5) is 17.1. The van der Waals surface area contributed by atoms with E-state index in [1.165, 1.54) is 36.6 Å². The molecule has 1 heterocycles. The van der Waals surface area contributed by atoms with Crippen molar-refractivity contribution in [3.8, 4) is 11.3 Å². The number of carbonyl (C=O) groups is 1. The number of nitrogens with zero attached hydrogens (tertiary/aromatic N) is 1. The van der Waals surface area contributed by atoms with Gasteiger partial charge in [0.2, 0.25) is 5.78 Å². The van der Waals surface area contributed by atoms with E-state index in [2.05, 4.69) is 38.7 Å². The first-order chi connectivity index (χ1) is 30.8. The first-order valence-corrected chi connectivity index (χ1v) is 23.9. The summed E-state index contributed by atoms with van der Waals surface area (Å²) in [5.74, 6) is 1.04. The van der Waals surface area contributed by atoms with Crippen LogP contribution in [0.15, 0.2) is 94.9 Å². The van der Waals surface area contributed by atoms with Crippen LogP contribution in [0.4, 0.5) is 13.2 Å². The Labute approximate surface area is 387 Å². The van der Waals surface area contributed by atoms with Crippen LogP contribution in [0.3, 0.4) is 0 Å². The fraction of sp³-hybridized carbons (Fsp3) is 0.537. The van der Waals surface area contributed by atoms with Crippen LogP contribution in [0.1, 0.15) is 130 Å². The van der Waals surface area contributed by atoms with Gasteiger partial charge in [0.25, 0.3) is 0 Å². The highest BCUT2D eigenvalue weighted by atomic mass is 35.5. The molecule has 7 nitrogen and oxygen atoms in total. The van der Waals surface area contributed by atoms with E-state index < -0.39 is 40.7 Å².